The fraction of sp³-hybridized carbons (Fsp3) is 0.889. The Bertz CT molecular complexity index is 860. The predicted molar refractivity (Wildman–Crippen MR) is 126 cm³/mol. The number of fused-ring (bicyclic) bond motifs is 5. The molecular weight excluding hydrogens is 436 g/mol. The van der Waals surface area contributed by atoms with Gasteiger partial charge in [0.15, 0.2) is 11.6 Å². The molecule has 34 heavy (non-hydrogen) atoms. The molecule has 0 aliphatic heterocycles. The molecule has 0 aromatic heterocycles. The Morgan fingerprint density at radius 3 is 2.35 bits per heavy atom. The highest BCUT2D eigenvalue weighted by molar-refractivity contribution is 5.95. The normalized spacial score (nSPS) is 45.6. The van der Waals surface area contributed by atoms with Gasteiger partial charge in [0, 0.05) is 17.8 Å². The van der Waals surface area contributed by atoms with Crippen molar-refractivity contribution in [1.82, 2.24) is 0 Å². The van der Waals surface area contributed by atoms with E-state index in [4.69, 9.17) is 0 Å². The minimum Gasteiger partial charge on any atom is -0.393 e. The van der Waals surface area contributed by atoms with Gasteiger partial charge in [-0.3, -0.25) is 4.79 Å². The van der Waals surface area contributed by atoms with E-state index in [-0.39, 0.29) is 36.4 Å². The Balaban J connectivity index is 1.63. The van der Waals surface area contributed by atoms with Crippen LogP contribution in [0, 0.1) is 34.5 Å². The first kappa shape index (κ1) is 26.2. The summed E-state index contributed by atoms with van der Waals surface area (Å²) in [6.07, 6.45) is 3.24. The van der Waals surface area contributed by atoms with Crippen molar-refractivity contribution < 1.29 is 35.4 Å². The Morgan fingerprint density at radius 1 is 1.09 bits per heavy atom. The second-order valence-electron chi connectivity index (χ2n) is 13.2. The van der Waals surface area contributed by atoms with E-state index in [1.54, 1.807) is 19.9 Å². The van der Waals surface area contributed by atoms with Crippen LogP contribution < -0.4 is 0 Å². The highest BCUT2D eigenvalue weighted by Gasteiger charge is 2.68. The van der Waals surface area contributed by atoms with E-state index in [0.717, 1.165) is 24.8 Å². The van der Waals surface area contributed by atoms with Crippen molar-refractivity contribution in [2.75, 3.05) is 0 Å². The monoisotopic (exact) mass is 480 g/mol. The fourth-order valence-corrected chi connectivity index (χ4v) is 8.27. The zero-order valence-electron chi connectivity index (χ0n) is 21.3. The molecule has 4 aliphatic rings. The maximum atomic E-state index is 13.3. The van der Waals surface area contributed by atoms with Crippen LogP contribution in [-0.4, -0.2) is 65.6 Å². The number of hydrogen-bond donors (Lipinski definition) is 6. The van der Waals surface area contributed by atoms with Crippen LogP contribution in [0.1, 0.15) is 86.0 Å². The third kappa shape index (κ3) is 3.82. The third-order valence-electron chi connectivity index (χ3n) is 10.6. The first-order valence-corrected chi connectivity index (χ1v) is 13.0. The van der Waals surface area contributed by atoms with Crippen molar-refractivity contribution in [2.45, 2.75) is 115 Å². The zero-order chi connectivity index (χ0) is 25.5. The van der Waals surface area contributed by atoms with E-state index in [0.29, 0.717) is 19.3 Å². The zero-order valence-corrected chi connectivity index (χ0v) is 21.3. The quantitative estimate of drug-likeness (QED) is 0.331. The maximum Gasteiger partial charge on any atom is 0.190 e. The van der Waals surface area contributed by atoms with Crippen LogP contribution in [0.2, 0.25) is 0 Å². The van der Waals surface area contributed by atoms with E-state index in [9.17, 15) is 35.4 Å². The van der Waals surface area contributed by atoms with Gasteiger partial charge in [-0.05, 0) is 93.6 Å². The number of aliphatic hydroxyl groups excluding tert-OH is 2. The number of carbonyl (C=O) groups is 1. The molecule has 0 spiro atoms. The Morgan fingerprint density at radius 2 is 1.74 bits per heavy atom. The van der Waals surface area contributed by atoms with E-state index in [1.165, 1.54) is 0 Å². The van der Waals surface area contributed by atoms with Gasteiger partial charge < -0.3 is 30.6 Å². The molecule has 2 unspecified atom stereocenters. The average molecular weight is 481 g/mol. The van der Waals surface area contributed by atoms with Crippen LogP contribution >= 0.6 is 0 Å². The Labute approximate surface area is 202 Å². The second kappa shape index (κ2) is 8.09. The summed E-state index contributed by atoms with van der Waals surface area (Å²) >= 11 is 0. The number of hydrogen-bond acceptors (Lipinski definition) is 7. The summed E-state index contributed by atoms with van der Waals surface area (Å²) in [5.41, 5.74) is -2.43. The highest BCUT2D eigenvalue weighted by Crippen LogP contribution is 2.68. The molecule has 3 fully saturated rings. The molecule has 4 aliphatic carbocycles. The molecule has 3 saturated carbocycles. The minimum atomic E-state index is -2.28. The van der Waals surface area contributed by atoms with Crippen molar-refractivity contribution in [3.05, 3.63) is 11.6 Å². The van der Waals surface area contributed by atoms with Gasteiger partial charge in [-0.15, -0.1) is 0 Å². The number of carbonyl (C=O) groups excluding carboxylic acids is 1. The number of aliphatic hydroxyl groups is 6. The summed E-state index contributed by atoms with van der Waals surface area (Å²) in [6, 6.07) is 0. The van der Waals surface area contributed by atoms with Crippen molar-refractivity contribution in [3.8, 4) is 0 Å². The first-order valence-electron chi connectivity index (χ1n) is 13.0. The summed E-state index contributed by atoms with van der Waals surface area (Å²) in [5.74, 6) is -3.20. The highest BCUT2D eigenvalue weighted by atomic mass is 16.5. The standard InChI is InChI=1S/C27H44O7/c1-15(20(28)8-9-23(2,3)31)16-7-11-26(32)18-12-21(29)19-13-27(33,34)22(30)14-24(19,4)17(18)6-10-25(16,26)5/h12,15-17,19-20,22,28,30-34H,6-11,13-14H2,1-5H3/t15?,16-,17?,19+,20-,22+,24-,25-,26-/m1/s1. The van der Waals surface area contributed by atoms with Crippen LogP contribution in [0.4, 0.5) is 0 Å². The SMILES string of the molecule is CC([C@H](O)CCC(C)(C)O)[C@H]1CC[C@@]2(O)C3=CC(=O)[C@@H]4CC(O)(O)[C@@H](O)C[C@]4(C)C3CC[C@]12C. The maximum absolute atomic E-state index is 13.3. The van der Waals surface area contributed by atoms with Crippen LogP contribution in [0.5, 0.6) is 0 Å². The lowest BCUT2D eigenvalue weighted by Gasteiger charge is -2.61. The molecule has 194 valence electrons. The van der Waals surface area contributed by atoms with Gasteiger partial charge in [0.25, 0.3) is 0 Å². The molecule has 0 aromatic carbocycles. The summed E-state index contributed by atoms with van der Waals surface area (Å²) in [7, 11) is 0. The van der Waals surface area contributed by atoms with Gasteiger partial charge in [0.2, 0.25) is 0 Å². The molecule has 0 heterocycles. The van der Waals surface area contributed by atoms with Crippen molar-refractivity contribution >= 4 is 5.78 Å². The van der Waals surface area contributed by atoms with Crippen molar-refractivity contribution in [1.29, 1.82) is 0 Å². The van der Waals surface area contributed by atoms with E-state index >= 15 is 0 Å². The molecule has 0 bridgehead atoms. The predicted octanol–water partition coefficient (Wildman–Crippen LogP) is 2.06. The molecule has 0 saturated heterocycles. The summed E-state index contributed by atoms with van der Waals surface area (Å²) in [5, 5.41) is 64.2. The largest absolute Gasteiger partial charge is 0.393 e. The third-order valence-corrected chi connectivity index (χ3v) is 10.6. The average Bonchev–Trinajstić information content (AvgIpc) is 2.99. The van der Waals surface area contributed by atoms with Gasteiger partial charge >= 0.3 is 0 Å². The molecule has 0 radical (unpaired) electrons. The first-order chi connectivity index (χ1) is 15.5. The van der Waals surface area contributed by atoms with Crippen LogP contribution in [0.25, 0.3) is 0 Å². The molecular formula is C27H44O7. The molecule has 7 heteroatoms. The van der Waals surface area contributed by atoms with Gasteiger partial charge in [-0.25, -0.2) is 0 Å². The van der Waals surface area contributed by atoms with Gasteiger partial charge in [-0.1, -0.05) is 20.8 Å². The number of ketones is 1. The molecule has 9 atom stereocenters. The van der Waals surface area contributed by atoms with E-state index < -0.39 is 45.9 Å². The number of allylic oxidation sites excluding steroid dienone is 1. The van der Waals surface area contributed by atoms with Gasteiger partial charge in [0.05, 0.1) is 17.3 Å². The summed E-state index contributed by atoms with van der Waals surface area (Å²) in [4.78, 5) is 13.3. The van der Waals surface area contributed by atoms with Crippen LogP contribution in [-0.2, 0) is 4.79 Å². The van der Waals surface area contributed by atoms with E-state index in [1.807, 2.05) is 13.8 Å². The van der Waals surface area contributed by atoms with Crippen LogP contribution in [0.3, 0.4) is 0 Å². The molecule has 6 N–H and O–H groups in total. The molecule has 4 rings (SSSR count). The molecule has 7 nitrogen and oxygen atoms in total. The summed E-state index contributed by atoms with van der Waals surface area (Å²) in [6.45, 7) is 9.54. The lowest BCUT2D eigenvalue weighted by molar-refractivity contribution is -0.271. The Hall–Kier alpha value is -0.830. The number of rotatable bonds is 5. The minimum absolute atomic E-state index is 0.0660. The smallest absolute Gasteiger partial charge is 0.190 e. The Kier molecular flexibility index (Phi) is 6.24. The second-order valence-corrected chi connectivity index (χ2v) is 13.2. The van der Waals surface area contributed by atoms with E-state index in [2.05, 4.69) is 6.92 Å². The summed E-state index contributed by atoms with van der Waals surface area (Å²) < 4.78 is 0. The fourth-order valence-electron chi connectivity index (χ4n) is 8.27. The lowest BCUT2D eigenvalue weighted by Crippen LogP contribution is -2.63. The topological polar surface area (TPSA) is 138 Å². The van der Waals surface area contributed by atoms with Gasteiger partial charge in [-0.2, -0.15) is 0 Å². The molecule has 0 aromatic rings. The van der Waals surface area contributed by atoms with Crippen LogP contribution in [0.15, 0.2) is 11.6 Å². The lowest BCUT2D eigenvalue weighted by atomic mass is 9.45. The molecule has 0 amide bonds. The van der Waals surface area contributed by atoms with Crippen molar-refractivity contribution in [3.63, 3.8) is 0 Å². The van der Waals surface area contributed by atoms with Crippen molar-refractivity contribution in [2.24, 2.45) is 34.5 Å². The van der Waals surface area contributed by atoms with Gasteiger partial charge in [0.1, 0.15) is 6.10 Å².